The summed E-state index contributed by atoms with van der Waals surface area (Å²) < 4.78 is 30.4. The average molecular weight is 198 g/mol. The van der Waals surface area contributed by atoms with Gasteiger partial charge < -0.3 is 4.52 Å². The van der Waals surface area contributed by atoms with E-state index in [0.717, 1.165) is 0 Å². The average Bonchev–Trinajstić information content (AvgIpc) is 1.95. The molecule has 1 aliphatic heterocycles. The summed E-state index contributed by atoms with van der Waals surface area (Å²) in [5, 5.41) is -0.878. The highest BCUT2D eigenvalue weighted by Crippen LogP contribution is 2.39. The second-order valence-electron chi connectivity index (χ2n) is 1.90. The molecule has 0 spiro atoms. The first-order valence-electron chi connectivity index (χ1n) is 2.77. The van der Waals surface area contributed by atoms with Gasteiger partial charge in [-0.15, -0.1) is 0 Å². The van der Waals surface area contributed by atoms with Crippen LogP contribution in [0.3, 0.4) is 0 Å². The zero-order chi connectivity index (χ0) is 8.48. The molecule has 0 aromatic rings. The molecule has 0 aromatic heterocycles. The standard InChI is InChI=1S/C4H7O5PS/c1-8-10-2-4(5)11(6,7)9-3-10/h2-3H2,1H3. The van der Waals surface area contributed by atoms with E-state index in [4.69, 9.17) is 4.52 Å². The molecule has 7 heteroatoms. The van der Waals surface area contributed by atoms with Crippen LogP contribution in [0.4, 0.5) is 0 Å². The molecule has 0 aliphatic carbocycles. The first-order valence-corrected chi connectivity index (χ1v) is 5.81. The summed E-state index contributed by atoms with van der Waals surface area (Å²) in [6, 6.07) is 0. The minimum atomic E-state index is -3.91. The summed E-state index contributed by atoms with van der Waals surface area (Å²) in [4.78, 5) is 10.7. The molecule has 1 fully saturated rings. The van der Waals surface area contributed by atoms with Crippen LogP contribution in [0, 0.1) is 0 Å². The van der Waals surface area contributed by atoms with Crippen molar-refractivity contribution in [3.05, 3.63) is 0 Å². The van der Waals surface area contributed by atoms with Crippen molar-refractivity contribution < 1.29 is 21.9 Å². The van der Waals surface area contributed by atoms with Gasteiger partial charge in [-0.25, -0.2) is 0 Å². The summed E-state index contributed by atoms with van der Waals surface area (Å²) in [5.41, 5.74) is 0. The lowest BCUT2D eigenvalue weighted by atomic mass is 10.9. The zero-order valence-corrected chi connectivity index (χ0v) is 7.52. The van der Waals surface area contributed by atoms with Crippen molar-refractivity contribution >= 4 is 23.4 Å². The van der Waals surface area contributed by atoms with Gasteiger partial charge in [-0.1, -0.05) is 0 Å². The van der Waals surface area contributed by atoms with Crippen LogP contribution in [-0.2, 0) is 23.6 Å². The summed E-state index contributed by atoms with van der Waals surface area (Å²) in [6.07, 6.45) is -0.0475. The first-order chi connectivity index (χ1) is 5.06. The smallest absolute Gasteiger partial charge is 0.332 e. The second kappa shape index (κ2) is 3.15. The Kier molecular flexibility index (Phi) is 2.59. The molecule has 1 unspecified atom stereocenters. The highest BCUT2D eigenvalue weighted by molar-refractivity contribution is 8.03. The summed E-state index contributed by atoms with van der Waals surface area (Å²) in [6.45, 7) is 0. The maximum atomic E-state index is 10.7. The van der Waals surface area contributed by atoms with Gasteiger partial charge in [-0.2, -0.15) is 8.42 Å². The molecular weight excluding hydrogens is 191 g/mol. The van der Waals surface area contributed by atoms with E-state index in [0.29, 0.717) is 0 Å². The maximum absolute atomic E-state index is 10.7. The molecule has 5 nitrogen and oxygen atoms in total. The normalized spacial score (nSPS) is 30.3. The van der Waals surface area contributed by atoms with Gasteiger partial charge in [0.15, 0.2) is 0 Å². The van der Waals surface area contributed by atoms with Gasteiger partial charge in [-0.05, 0) is 0 Å². The monoisotopic (exact) mass is 198 g/mol. The number of carbonyl (C=O) groups excluding carboxylic acids is 1. The Balaban J connectivity index is 2.70. The summed E-state index contributed by atoms with van der Waals surface area (Å²) in [7, 11) is -3.49. The van der Waals surface area contributed by atoms with Crippen LogP contribution < -0.4 is 0 Å². The third-order valence-electron chi connectivity index (χ3n) is 1.19. The third kappa shape index (κ3) is 1.96. The molecule has 0 radical (unpaired) electrons. The molecule has 11 heavy (non-hydrogen) atoms. The molecule has 0 aromatic carbocycles. The number of carbonyl (C=O) groups is 1. The Morgan fingerprint density at radius 2 is 2.27 bits per heavy atom. The van der Waals surface area contributed by atoms with E-state index in [9.17, 15) is 13.2 Å². The largest absolute Gasteiger partial charge is 0.360 e. The van der Waals surface area contributed by atoms with Crippen LogP contribution in [0.5, 0.6) is 0 Å². The fraction of sp³-hybridized carbons (Fsp3) is 0.750. The first kappa shape index (κ1) is 9.06. The molecule has 0 amide bonds. The molecule has 64 valence electrons. The van der Waals surface area contributed by atoms with Crippen LogP contribution >= 0.6 is 8.15 Å². The topological polar surface area (TPSA) is 69.7 Å². The van der Waals surface area contributed by atoms with Gasteiger partial charge >= 0.3 is 10.1 Å². The van der Waals surface area contributed by atoms with Gasteiger partial charge in [0.1, 0.15) is 6.35 Å². The van der Waals surface area contributed by atoms with E-state index in [1.165, 1.54) is 7.11 Å². The fourth-order valence-corrected chi connectivity index (χ4v) is 3.41. The fourth-order valence-electron chi connectivity index (χ4n) is 0.580. The Morgan fingerprint density at radius 1 is 1.64 bits per heavy atom. The number of hydrogen-bond donors (Lipinski definition) is 0. The molecule has 1 atom stereocenters. The maximum Gasteiger partial charge on any atom is 0.332 e. The van der Waals surface area contributed by atoms with Crippen LogP contribution in [0.2, 0.25) is 0 Å². The zero-order valence-electron chi connectivity index (χ0n) is 5.81. The minimum absolute atomic E-state index is 0.0000926. The van der Waals surface area contributed by atoms with E-state index in [1.807, 2.05) is 0 Å². The van der Waals surface area contributed by atoms with Gasteiger partial charge in [0.25, 0.3) is 5.12 Å². The second-order valence-corrected chi connectivity index (χ2v) is 5.40. The third-order valence-corrected chi connectivity index (χ3v) is 4.29. The molecular formula is C4H7O5PS. The van der Waals surface area contributed by atoms with Crippen molar-refractivity contribution in [3.63, 3.8) is 0 Å². The van der Waals surface area contributed by atoms with Gasteiger partial charge in [0.05, 0.1) is 14.3 Å². The Bertz CT molecular complexity index is 258. The molecule has 0 bridgehead atoms. The van der Waals surface area contributed by atoms with Crippen LogP contribution in [0.15, 0.2) is 0 Å². The Labute approximate surface area is 65.6 Å². The van der Waals surface area contributed by atoms with Crippen molar-refractivity contribution in [1.29, 1.82) is 0 Å². The van der Waals surface area contributed by atoms with E-state index in [1.54, 1.807) is 0 Å². The lowest BCUT2D eigenvalue weighted by molar-refractivity contribution is -0.110. The highest BCUT2D eigenvalue weighted by Gasteiger charge is 2.33. The van der Waals surface area contributed by atoms with Gasteiger partial charge in [0.2, 0.25) is 0 Å². The quantitative estimate of drug-likeness (QED) is 0.433. The van der Waals surface area contributed by atoms with E-state index in [2.05, 4.69) is 4.18 Å². The predicted molar refractivity (Wildman–Crippen MR) is 38.7 cm³/mol. The SMILES string of the molecule is COP1COS(=O)(=O)C(=O)C1. The van der Waals surface area contributed by atoms with Crippen molar-refractivity contribution in [1.82, 2.24) is 0 Å². The van der Waals surface area contributed by atoms with Crippen molar-refractivity contribution in [2.45, 2.75) is 0 Å². The van der Waals surface area contributed by atoms with Crippen molar-refractivity contribution in [2.75, 3.05) is 19.6 Å². The number of hydrogen-bond acceptors (Lipinski definition) is 5. The summed E-state index contributed by atoms with van der Waals surface area (Å²) >= 11 is 0. The lowest BCUT2D eigenvalue weighted by Gasteiger charge is -2.18. The van der Waals surface area contributed by atoms with Gasteiger partial charge in [0, 0.05) is 7.11 Å². The molecule has 0 N–H and O–H groups in total. The Morgan fingerprint density at radius 3 is 2.73 bits per heavy atom. The van der Waals surface area contributed by atoms with Crippen molar-refractivity contribution in [3.8, 4) is 0 Å². The van der Waals surface area contributed by atoms with Crippen LogP contribution in [0.1, 0.15) is 0 Å². The minimum Gasteiger partial charge on any atom is -0.360 e. The molecule has 1 heterocycles. The lowest BCUT2D eigenvalue weighted by Crippen LogP contribution is -2.26. The molecule has 0 saturated carbocycles. The van der Waals surface area contributed by atoms with E-state index < -0.39 is 23.4 Å². The van der Waals surface area contributed by atoms with E-state index in [-0.39, 0.29) is 12.5 Å². The van der Waals surface area contributed by atoms with Gasteiger partial charge in [-0.3, -0.25) is 8.98 Å². The predicted octanol–water partition coefficient (Wildman–Crippen LogP) is -0.126. The van der Waals surface area contributed by atoms with Crippen LogP contribution in [0.25, 0.3) is 0 Å². The Hall–Kier alpha value is -0.0300. The van der Waals surface area contributed by atoms with Crippen molar-refractivity contribution in [2.24, 2.45) is 0 Å². The van der Waals surface area contributed by atoms with Crippen LogP contribution in [-0.4, -0.2) is 33.2 Å². The summed E-state index contributed by atoms with van der Waals surface area (Å²) in [5.74, 6) is 0. The molecule has 1 aliphatic rings. The number of rotatable bonds is 1. The molecule has 1 rings (SSSR count). The highest BCUT2D eigenvalue weighted by atomic mass is 32.2. The molecule has 1 saturated heterocycles. The van der Waals surface area contributed by atoms with E-state index >= 15 is 0 Å².